The van der Waals surface area contributed by atoms with Gasteiger partial charge in [0.2, 0.25) is 0 Å². The van der Waals surface area contributed by atoms with Crippen molar-refractivity contribution in [2.24, 2.45) is 5.92 Å². The molecule has 2 heterocycles. The first-order valence-corrected chi connectivity index (χ1v) is 12.0. The largest absolute Gasteiger partial charge is 0.356 e. The zero-order valence-electron chi connectivity index (χ0n) is 13.9. The van der Waals surface area contributed by atoms with Crippen molar-refractivity contribution >= 4 is 37.0 Å². The Morgan fingerprint density at radius 1 is 1.26 bits per heavy atom. The molecule has 0 aliphatic carbocycles. The van der Waals surface area contributed by atoms with Gasteiger partial charge in [-0.15, -0.1) is 0 Å². The summed E-state index contributed by atoms with van der Waals surface area (Å²) in [6, 6.07) is -0.121. The summed E-state index contributed by atoms with van der Waals surface area (Å²) in [5, 5.41) is 3.68. The van der Waals surface area contributed by atoms with Crippen LogP contribution < -0.4 is 5.32 Å². The van der Waals surface area contributed by atoms with Gasteiger partial charge in [-0.05, 0) is 37.9 Å². The molecule has 2 fully saturated rings. The van der Waals surface area contributed by atoms with E-state index in [-0.39, 0.29) is 29.1 Å². The molecule has 2 atom stereocenters. The minimum absolute atomic E-state index is 0.0681. The van der Waals surface area contributed by atoms with Gasteiger partial charge in [-0.2, -0.15) is 0 Å². The highest BCUT2D eigenvalue weighted by Crippen LogP contribution is 2.25. The zero-order valence-corrected chi connectivity index (χ0v) is 16.4. The highest BCUT2D eigenvalue weighted by atomic mass is 32.2. The molecule has 2 saturated heterocycles. The Morgan fingerprint density at radius 2 is 1.91 bits per heavy atom. The molecule has 0 spiro atoms. The van der Waals surface area contributed by atoms with Crippen molar-refractivity contribution in [3.63, 3.8) is 0 Å². The molecule has 2 unspecified atom stereocenters. The molecule has 0 amide bonds. The Balaban J connectivity index is 2.11. The average molecular weight is 383 g/mol. The molecule has 2 aliphatic heterocycles. The van der Waals surface area contributed by atoms with E-state index < -0.39 is 25.2 Å². The van der Waals surface area contributed by atoms with Gasteiger partial charge >= 0.3 is 0 Å². The lowest BCUT2D eigenvalue weighted by atomic mass is 10.0. The second-order valence-corrected chi connectivity index (χ2v) is 12.2. The van der Waals surface area contributed by atoms with Crippen LogP contribution in [0.1, 0.15) is 33.6 Å². The Morgan fingerprint density at radius 3 is 2.35 bits per heavy atom. The molecule has 0 aromatic rings. The van der Waals surface area contributed by atoms with Crippen LogP contribution in [0.15, 0.2) is 0 Å². The normalized spacial score (nSPS) is 32.1. The van der Waals surface area contributed by atoms with Crippen LogP contribution in [0.25, 0.3) is 0 Å². The fraction of sp³-hybridized carbons (Fsp3) is 0.929. The van der Waals surface area contributed by atoms with Crippen LogP contribution in [0, 0.1) is 5.92 Å². The smallest absolute Gasteiger partial charge is 0.169 e. The fourth-order valence-electron chi connectivity index (χ4n) is 3.25. The van der Waals surface area contributed by atoms with E-state index in [0.29, 0.717) is 30.4 Å². The molecule has 23 heavy (non-hydrogen) atoms. The summed E-state index contributed by atoms with van der Waals surface area (Å²) < 4.78 is 47.0. The van der Waals surface area contributed by atoms with E-state index in [4.69, 9.17) is 12.2 Å². The third-order valence-corrected chi connectivity index (χ3v) is 8.37. The first kappa shape index (κ1) is 18.9. The van der Waals surface area contributed by atoms with Gasteiger partial charge in [-0.3, -0.25) is 0 Å². The van der Waals surface area contributed by atoms with Gasteiger partial charge in [0, 0.05) is 12.6 Å². The van der Waals surface area contributed by atoms with Crippen LogP contribution >= 0.6 is 12.2 Å². The summed E-state index contributed by atoms with van der Waals surface area (Å²) >= 11 is 5.51. The first-order valence-electron chi connectivity index (χ1n) is 7.91. The van der Waals surface area contributed by atoms with E-state index in [1.165, 1.54) is 0 Å². The Kier molecular flexibility index (Phi) is 5.33. The van der Waals surface area contributed by atoms with Gasteiger partial charge in [-0.25, -0.2) is 16.8 Å². The van der Waals surface area contributed by atoms with Crippen LogP contribution in [0.5, 0.6) is 0 Å². The van der Waals surface area contributed by atoms with E-state index in [9.17, 15) is 16.8 Å². The van der Waals surface area contributed by atoms with Crippen LogP contribution in [0.3, 0.4) is 0 Å². The van der Waals surface area contributed by atoms with E-state index in [1.54, 1.807) is 0 Å². The number of hydrogen-bond acceptors (Lipinski definition) is 5. The molecule has 0 aromatic carbocycles. The van der Waals surface area contributed by atoms with Crippen molar-refractivity contribution in [2.75, 3.05) is 29.6 Å². The zero-order chi connectivity index (χ0) is 17.5. The molecular formula is C14H26N2O4S3. The number of sulfone groups is 2. The molecule has 1 N–H and O–H groups in total. The van der Waals surface area contributed by atoms with Gasteiger partial charge in [0.05, 0.1) is 28.6 Å². The SMILES string of the molecule is CC(C)CN(C(=S)NC1(C)CCS(=O)(=O)C1)C1CCS(=O)(=O)C1. The molecule has 0 aromatic heterocycles. The number of thiocarbonyl (C=S) groups is 1. The summed E-state index contributed by atoms with van der Waals surface area (Å²) in [6.45, 7) is 6.64. The highest BCUT2D eigenvalue weighted by Gasteiger charge is 2.41. The van der Waals surface area contributed by atoms with Gasteiger partial charge in [-0.1, -0.05) is 13.8 Å². The van der Waals surface area contributed by atoms with Gasteiger partial charge in [0.15, 0.2) is 24.8 Å². The Hall–Kier alpha value is -0.410. The van der Waals surface area contributed by atoms with Crippen molar-refractivity contribution in [3.8, 4) is 0 Å². The third-order valence-electron chi connectivity index (χ3n) is 4.38. The fourth-order valence-corrected chi connectivity index (χ4v) is 7.55. The standard InChI is InChI=1S/C14H26N2O4S3/c1-11(2)8-16(12-4-6-22(17,18)9-12)13(21)15-14(3)5-7-23(19,20)10-14/h11-12H,4-10H2,1-3H3,(H,15,21). The van der Waals surface area contributed by atoms with Crippen LogP contribution in [-0.4, -0.2) is 68.0 Å². The van der Waals surface area contributed by atoms with Crippen LogP contribution in [0.4, 0.5) is 0 Å². The quantitative estimate of drug-likeness (QED) is 0.712. The molecular weight excluding hydrogens is 356 g/mol. The minimum atomic E-state index is -3.02. The summed E-state index contributed by atoms with van der Waals surface area (Å²) in [5.41, 5.74) is -0.567. The number of hydrogen-bond donors (Lipinski definition) is 1. The number of rotatable bonds is 4. The summed E-state index contributed by atoms with van der Waals surface area (Å²) in [7, 11) is -6.02. The van der Waals surface area contributed by atoms with Crippen molar-refractivity contribution in [3.05, 3.63) is 0 Å². The van der Waals surface area contributed by atoms with Crippen LogP contribution in [-0.2, 0) is 19.7 Å². The predicted octanol–water partition coefficient (Wildman–Crippen LogP) is 0.583. The summed E-state index contributed by atoms with van der Waals surface area (Å²) in [4.78, 5) is 1.95. The third kappa shape index (κ3) is 5.03. The number of nitrogens with one attached hydrogen (secondary N) is 1. The molecule has 9 heteroatoms. The van der Waals surface area contributed by atoms with E-state index >= 15 is 0 Å². The highest BCUT2D eigenvalue weighted by molar-refractivity contribution is 7.92. The van der Waals surface area contributed by atoms with E-state index in [0.717, 1.165) is 0 Å². The molecule has 2 aliphatic rings. The average Bonchev–Trinajstić information content (AvgIpc) is 2.85. The molecule has 0 radical (unpaired) electrons. The lowest BCUT2D eigenvalue weighted by Crippen LogP contribution is -2.55. The maximum absolute atomic E-state index is 11.8. The van der Waals surface area contributed by atoms with Crippen molar-refractivity contribution in [2.45, 2.75) is 45.2 Å². The van der Waals surface area contributed by atoms with Crippen molar-refractivity contribution in [1.29, 1.82) is 0 Å². The lowest BCUT2D eigenvalue weighted by Gasteiger charge is -2.36. The maximum atomic E-state index is 11.8. The van der Waals surface area contributed by atoms with Gasteiger partial charge in [0.1, 0.15) is 0 Å². The van der Waals surface area contributed by atoms with Gasteiger partial charge < -0.3 is 10.2 Å². The Bertz CT molecular complexity index is 672. The number of nitrogens with zero attached hydrogens (tertiary/aromatic N) is 1. The second kappa shape index (κ2) is 6.48. The summed E-state index contributed by atoms with van der Waals surface area (Å²) in [6.07, 6.45) is 1.10. The van der Waals surface area contributed by atoms with Crippen molar-refractivity contribution in [1.82, 2.24) is 10.2 Å². The molecule has 0 bridgehead atoms. The topological polar surface area (TPSA) is 83.6 Å². The Labute approximate surface area is 144 Å². The molecule has 2 rings (SSSR count). The van der Waals surface area contributed by atoms with E-state index in [1.807, 2.05) is 11.8 Å². The summed E-state index contributed by atoms with van der Waals surface area (Å²) in [5.74, 6) is 0.884. The predicted molar refractivity (Wildman–Crippen MR) is 96.0 cm³/mol. The van der Waals surface area contributed by atoms with E-state index in [2.05, 4.69) is 19.2 Å². The minimum Gasteiger partial charge on any atom is -0.356 e. The molecule has 134 valence electrons. The van der Waals surface area contributed by atoms with Crippen LogP contribution in [0.2, 0.25) is 0 Å². The molecule has 0 saturated carbocycles. The second-order valence-electron chi connectivity index (χ2n) is 7.44. The lowest BCUT2D eigenvalue weighted by molar-refractivity contribution is 0.285. The first-order chi connectivity index (χ1) is 10.4. The van der Waals surface area contributed by atoms with Crippen molar-refractivity contribution < 1.29 is 16.8 Å². The monoisotopic (exact) mass is 382 g/mol. The van der Waals surface area contributed by atoms with Gasteiger partial charge in [0.25, 0.3) is 0 Å². The maximum Gasteiger partial charge on any atom is 0.169 e. The molecule has 6 nitrogen and oxygen atoms in total.